The highest BCUT2D eigenvalue weighted by atomic mass is 32.1. The lowest BCUT2D eigenvalue weighted by atomic mass is 10.1. The van der Waals surface area contributed by atoms with E-state index in [4.69, 9.17) is 0 Å². The van der Waals surface area contributed by atoms with E-state index in [1.54, 1.807) is 6.07 Å². The molecule has 20 heavy (non-hydrogen) atoms. The van der Waals surface area contributed by atoms with Gasteiger partial charge in [0.2, 0.25) is 0 Å². The molecule has 0 N–H and O–H groups in total. The van der Waals surface area contributed by atoms with E-state index in [1.807, 2.05) is 19.1 Å². The van der Waals surface area contributed by atoms with E-state index in [-0.39, 0.29) is 10.6 Å². The summed E-state index contributed by atoms with van der Waals surface area (Å²) in [6.07, 6.45) is 2.18. The Morgan fingerprint density at radius 1 is 1.35 bits per heavy atom. The second-order valence-electron chi connectivity index (χ2n) is 4.80. The molecule has 7 heteroatoms. The van der Waals surface area contributed by atoms with Crippen LogP contribution >= 0.6 is 11.5 Å². The molecule has 6 nitrogen and oxygen atoms in total. The van der Waals surface area contributed by atoms with Gasteiger partial charge in [0.25, 0.3) is 5.69 Å². The second-order valence-corrected chi connectivity index (χ2v) is 5.55. The molecule has 2 aromatic rings. The Bertz CT molecular complexity index is 650. The number of anilines is 1. The van der Waals surface area contributed by atoms with Gasteiger partial charge in [0.15, 0.2) is 0 Å². The summed E-state index contributed by atoms with van der Waals surface area (Å²) in [4.78, 5) is 17.4. The standard InChI is InChI=1S/C13H14N4O2S/c1-9-14-13(20-15-9)10-4-5-11(12(8-10)17(18)19)16-6-2-3-7-16/h4-5,8H,2-3,6-7H2,1H3. The summed E-state index contributed by atoms with van der Waals surface area (Å²) in [5.41, 5.74) is 1.61. The van der Waals surface area contributed by atoms with Crippen LogP contribution in [0.25, 0.3) is 10.6 Å². The minimum Gasteiger partial charge on any atom is -0.366 e. The van der Waals surface area contributed by atoms with Gasteiger partial charge in [0.05, 0.1) is 4.92 Å². The zero-order chi connectivity index (χ0) is 14.1. The fourth-order valence-electron chi connectivity index (χ4n) is 2.44. The Morgan fingerprint density at radius 3 is 2.70 bits per heavy atom. The largest absolute Gasteiger partial charge is 0.366 e. The lowest BCUT2D eigenvalue weighted by Crippen LogP contribution is -2.18. The first-order valence-corrected chi connectivity index (χ1v) is 7.26. The van der Waals surface area contributed by atoms with Crippen molar-refractivity contribution in [1.82, 2.24) is 9.36 Å². The molecule has 0 radical (unpaired) electrons. The molecule has 104 valence electrons. The van der Waals surface area contributed by atoms with Gasteiger partial charge in [0.1, 0.15) is 16.5 Å². The Kier molecular flexibility index (Phi) is 3.35. The smallest absolute Gasteiger partial charge is 0.293 e. The van der Waals surface area contributed by atoms with Crippen LogP contribution in [0.3, 0.4) is 0 Å². The van der Waals surface area contributed by atoms with Crippen molar-refractivity contribution in [2.45, 2.75) is 19.8 Å². The van der Waals surface area contributed by atoms with Gasteiger partial charge in [0, 0.05) is 24.7 Å². The van der Waals surface area contributed by atoms with Crippen LogP contribution in [-0.4, -0.2) is 27.4 Å². The number of aromatic nitrogens is 2. The van der Waals surface area contributed by atoms with Crippen LogP contribution in [0.4, 0.5) is 11.4 Å². The molecule has 0 aliphatic carbocycles. The van der Waals surface area contributed by atoms with E-state index >= 15 is 0 Å². The number of nitro benzene ring substituents is 1. The van der Waals surface area contributed by atoms with Crippen molar-refractivity contribution in [3.63, 3.8) is 0 Å². The molecule has 0 spiro atoms. The molecule has 1 saturated heterocycles. The first-order valence-electron chi connectivity index (χ1n) is 6.49. The third-order valence-corrected chi connectivity index (χ3v) is 4.25. The topological polar surface area (TPSA) is 72.2 Å². The van der Waals surface area contributed by atoms with E-state index < -0.39 is 0 Å². The van der Waals surface area contributed by atoms with Crippen LogP contribution in [0.15, 0.2) is 18.2 Å². The predicted molar refractivity (Wildman–Crippen MR) is 78.2 cm³/mol. The van der Waals surface area contributed by atoms with Crippen molar-refractivity contribution >= 4 is 22.9 Å². The van der Waals surface area contributed by atoms with Gasteiger partial charge < -0.3 is 4.90 Å². The highest BCUT2D eigenvalue weighted by Gasteiger charge is 2.23. The zero-order valence-electron chi connectivity index (χ0n) is 11.1. The molecular formula is C13H14N4O2S. The molecule has 2 heterocycles. The van der Waals surface area contributed by atoms with E-state index in [9.17, 15) is 10.1 Å². The van der Waals surface area contributed by atoms with Crippen LogP contribution in [0.2, 0.25) is 0 Å². The molecule has 0 amide bonds. The van der Waals surface area contributed by atoms with Crippen molar-refractivity contribution in [2.75, 3.05) is 18.0 Å². The Labute approximate surface area is 120 Å². The van der Waals surface area contributed by atoms with E-state index in [2.05, 4.69) is 14.3 Å². The highest BCUT2D eigenvalue weighted by molar-refractivity contribution is 7.09. The quantitative estimate of drug-likeness (QED) is 0.641. The zero-order valence-corrected chi connectivity index (χ0v) is 11.9. The molecule has 1 aromatic heterocycles. The lowest BCUT2D eigenvalue weighted by molar-refractivity contribution is -0.384. The number of nitro groups is 1. The first-order chi connectivity index (χ1) is 9.65. The normalized spacial score (nSPS) is 14.8. The fourth-order valence-corrected chi connectivity index (χ4v) is 3.11. The molecule has 0 atom stereocenters. The number of aryl methyl sites for hydroxylation is 1. The molecule has 0 bridgehead atoms. The van der Waals surface area contributed by atoms with E-state index in [1.165, 1.54) is 11.5 Å². The van der Waals surface area contributed by atoms with E-state index in [0.29, 0.717) is 11.5 Å². The van der Waals surface area contributed by atoms with Crippen molar-refractivity contribution in [2.24, 2.45) is 0 Å². The van der Waals surface area contributed by atoms with Gasteiger partial charge in [-0.1, -0.05) is 0 Å². The summed E-state index contributed by atoms with van der Waals surface area (Å²) in [5, 5.41) is 12.0. The fraction of sp³-hybridized carbons (Fsp3) is 0.385. The minimum atomic E-state index is -0.314. The second kappa shape index (κ2) is 5.16. The summed E-state index contributed by atoms with van der Waals surface area (Å²) in [6.45, 7) is 3.59. The van der Waals surface area contributed by atoms with Crippen molar-refractivity contribution in [1.29, 1.82) is 0 Å². The summed E-state index contributed by atoms with van der Waals surface area (Å²) in [7, 11) is 0. The summed E-state index contributed by atoms with van der Waals surface area (Å²) >= 11 is 1.26. The average molecular weight is 290 g/mol. The molecule has 1 aromatic carbocycles. The number of rotatable bonds is 3. The highest BCUT2D eigenvalue weighted by Crippen LogP contribution is 2.35. The predicted octanol–water partition coefficient (Wildman–Crippen LogP) is 3.02. The van der Waals surface area contributed by atoms with Crippen molar-refractivity contribution < 1.29 is 4.92 Å². The maximum absolute atomic E-state index is 11.3. The minimum absolute atomic E-state index is 0.150. The van der Waals surface area contributed by atoms with E-state index in [0.717, 1.165) is 36.5 Å². The summed E-state index contributed by atoms with van der Waals surface area (Å²) in [5.74, 6) is 0.691. The number of nitrogens with zero attached hydrogens (tertiary/aromatic N) is 4. The molecule has 0 saturated carbocycles. The van der Waals surface area contributed by atoms with Gasteiger partial charge in [-0.2, -0.15) is 4.37 Å². The van der Waals surface area contributed by atoms with Crippen LogP contribution < -0.4 is 4.90 Å². The Morgan fingerprint density at radius 2 is 2.10 bits per heavy atom. The van der Waals surface area contributed by atoms with Gasteiger partial charge in [-0.3, -0.25) is 10.1 Å². The first kappa shape index (κ1) is 13.0. The SMILES string of the molecule is Cc1nsc(-c2ccc(N3CCCC3)c([N+](=O)[O-])c2)n1. The molecule has 1 aliphatic rings. The van der Waals surface area contributed by atoms with Crippen molar-refractivity contribution in [3.8, 4) is 10.6 Å². The monoisotopic (exact) mass is 290 g/mol. The van der Waals surface area contributed by atoms with Crippen LogP contribution in [0, 0.1) is 17.0 Å². The molecule has 1 fully saturated rings. The number of hydrogen-bond donors (Lipinski definition) is 0. The van der Waals surface area contributed by atoms with Gasteiger partial charge >= 0.3 is 0 Å². The van der Waals surface area contributed by atoms with Crippen LogP contribution in [0.5, 0.6) is 0 Å². The molecule has 3 rings (SSSR count). The van der Waals surface area contributed by atoms with Crippen molar-refractivity contribution in [3.05, 3.63) is 34.1 Å². The lowest BCUT2D eigenvalue weighted by Gasteiger charge is -2.17. The third-order valence-electron chi connectivity index (χ3n) is 3.39. The van der Waals surface area contributed by atoms with Gasteiger partial charge in [-0.25, -0.2) is 4.98 Å². The molecule has 0 unspecified atom stereocenters. The molecular weight excluding hydrogens is 276 g/mol. The van der Waals surface area contributed by atoms with Gasteiger partial charge in [-0.15, -0.1) is 0 Å². The Balaban J connectivity index is 2.03. The van der Waals surface area contributed by atoms with Crippen LogP contribution in [0.1, 0.15) is 18.7 Å². The Hall–Kier alpha value is -2.02. The summed E-state index contributed by atoms with van der Waals surface area (Å²) in [6, 6.07) is 5.32. The average Bonchev–Trinajstić information content (AvgIpc) is 3.09. The maximum Gasteiger partial charge on any atom is 0.293 e. The maximum atomic E-state index is 11.3. The number of hydrogen-bond acceptors (Lipinski definition) is 6. The van der Waals surface area contributed by atoms with Gasteiger partial charge in [-0.05, 0) is 43.4 Å². The summed E-state index contributed by atoms with van der Waals surface area (Å²) < 4.78 is 4.12. The molecule has 1 aliphatic heterocycles. The number of benzene rings is 1. The van der Waals surface area contributed by atoms with Crippen LogP contribution in [-0.2, 0) is 0 Å². The third kappa shape index (κ3) is 2.36.